The topological polar surface area (TPSA) is 67.9 Å². The molecule has 0 aromatic heterocycles. The van der Waals surface area contributed by atoms with Crippen molar-refractivity contribution >= 4 is 29.2 Å². The minimum atomic E-state index is -0.195. The van der Waals surface area contributed by atoms with Gasteiger partial charge < -0.3 is 19.7 Å². The monoisotopic (exact) mass is 340 g/mol. The van der Waals surface area contributed by atoms with E-state index in [1.165, 1.54) is 7.11 Å². The standard InChI is InChI=1S/C16H21ClN2O4/c1-22-14-4-3-12(17)9-13(14)18-10-15(20)19-7-5-11(6-8-19)16(21)23-2/h3-4,9,11,18H,5-8,10H2,1-2H3. The molecule has 0 bridgehead atoms. The van der Waals surface area contributed by atoms with E-state index in [0.717, 1.165) is 0 Å². The van der Waals surface area contributed by atoms with Crippen LogP contribution in [0.4, 0.5) is 5.69 Å². The Morgan fingerprint density at radius 3 is 2.61 bits per heavy atom. The number of halogens is 1. The van der Waals surface area contributed by atoms with E-state index in [1.54, 1.807) is 30.2 Å². The molecule has 0 atom stereocenters. The third-order valence-corrected chi connectivity index (χ3v) is 4.21. The van der Waals surface area contributed by atoms with Gasteiger partial charge in [-0.25, -0.2) is 0 Å². The number of hydrogen-bond donors (Lipinski definition) is 1. The third kappa shape index (κ3) is 4.51. The van der Waals surface area contributed by atoms with Crippen molar-refractivity contribution in [3.8, 4) is 5.75 Å². The number of nitrogens with zero attached hydrogens (tertiary/aromatic N) is 1. The molecule has 23 heavy (non-hydrogen) atoms. The van der Waals surface area contributed by atoms with Crippen molar-refractivity contribution in [1.29, 1.82) is 0 Å². The molecule has 1 N–H and O–H groups in total. The number of hydrogen-bond acceptors (Lipinski definition) is 5. The molecule has 7 heteroatoms. The smallest absolute Gasteiger partial charge is 0.308 e. The van der Waals surface area contributed by atoms with Gasteiger partial charge in [-0.05, 0) is 31.0 Å². The molecule has 0 unspecified atom stereocenters. The van der Waals surface area contributed by atoms with Crippen LogP contribution < -0.4 is 10.1 Å². The molecule has 1 fully saturated rings. The molecule has 1 aromatic rings. The highest BCUT2D eigenvalue weighted by atomic mass is 35.5. The van der Waals surface area contributed by atoms with Crippen LogP contribution in [-0.2, 0) is 14.3 Å². The van der Waals surface area contributed by atoms with Gasteiger partial charge in [-0.3, -0.25) is 9.59 Å². The number of ether oxygens (including phenoxy) is 2. The van der Waals surface area contributed by atoms with Crippen molar-refractivity contribution in [1.82, 2.24) is 4.90 Å². The number of benzene rings is 1. The predicted molar refractivity (Wildman–Crippen MR) is 87.8 cm³/mol. The summed E-state index contributed by atoms with van der Waals surface area (Å²) in [7, 11) is 2.95. The molecule has 1 heterocycles. The molecular weight excluding hydrogens is 320 g/mol. The first-order valence-corrected chi connectivity index (χ1v) is 7.86. The molecule has 1 aliphatic heterocycles. The normalized spacial score (nSPS) is 15.2. The average molecular weight is 341 g/mol. The fourth-order valence-electron chi connectivity index (χ4n) is 2.63. The van der Waals surface area contributed by atoms with Crippen LogP contribution in [0.15, 0.2) is 18.2 Å². The lowest BCUT2D eigenvalue weighted by Gasteiger charge is -2.30. The Morgan fingerprint density at radius 1 is 1.30 bits per heavy atom. The lowest BCUT2D eigenvalue weighted by Crippen LogP contribution is -2.42. The number of nitrogens with one attached hydrogen (secondary N) is 1. The van der Waals surface area contributed by atoms with E-state index >= 15 is 0 Å². The number of anilines is 1. The maximum Gasteiger partial charge on any atom is 0.308 e. The molecule has 1 saturated heterocycles. The van der Waals surface area contributed by atoms with E-state index in [4.69, 9.17) is 21.1 Å². The SMILES string of the molecule is COC(=O)C1CCN(C(=O)CNc2cc(Cl)ccc2OC)CC1. The van der Waals surface area contributed by atoms with Gasteiger partial charge in [-0.2, -0.15) is 0 Å². The highest BCUT2D eigenvalue weighted by Crippen LogP contribution is 2.27. The molecule has 0 spiro atoms. The van der Waals surface area contributed by atoms with Crippen molar-refractivity contribution in [2.45, 2.75) is 12.8 Å². The highest BCUT2D eigenvalue weighted by Gasteiger charge is 2.27. The Kier molecular flexibility index (Phi) is 6.10. The van der Waals surface area contributed by atoms with Crippen molar-refractivity contribution in [2.24, 2.45) is 5.92 Å². The number of esters is 1. The van der Waals surface area contributed by atoms with Crippen LogP contribution >= 0.6 is 11.6 Å². The van der Waals surface area contributed by atoms with Crippen LogP contribution in [-0.4, -0.2) is 50.6 Å². The van der Waals surface area contributed by atoms with Crippen LogP contribution in [0.3, 0.4) is 0 Å². The van der Waals surface area contributed by atoms with Gasteiger partial charge in [0.15, 0.2) is 0 Å². The Balaban J connectivity index is 1.86. The fourth-order valence-corrected chi connectivity index (χ4v) is 2.80. The summed E-state index contributed by atoms with van der Waals surface area (Å²) in [6.45, 7) is 1.28. The number of rotatable bonds is 5. The van der Waals surface area contributed by atoms with Gasteiger partial charge >= 0.3 is 5.97 Å². The van der Waals surface area contributed by atoms with Crippen LogP contribution in [0.1, 0.15) is 12.8 Å². The molecule has 0 aliphatic carbocycles. The number of carbonyl (C=O) groups excluding carboxylic acids is 2. The zero-order valence-electron chi connectivity index (χ0n) is 13.3. The second-order valence-electron chi connectivity index (χ2n) is 5.38. The van der Waals surface area contributed by atoms with Gasteiger partial charge in [-0.15, -0.1) is 0 Å². The highest BCUT2D eigenvalue weighted by molar-refractivity contribution is 6.30. The zero-order chi connectivity index (χ0) is 16.8. The Hall–Kier alpha value is -1.95. The summed E-state index contributed by atoms with van der Waals surface area (Å²) < 4.78 is 9.98. The summed E-state index contributed by atoms with van der Waals surface area (Å²) in [5.41, 5.74) is 0.679. The van der Waals surface area contributed by atoms with Gasteiger partial charge in [0.05, 0.1) is 32.4 Å². The first-order chi connectivity index (χ1) is 11.0. The van der Waals surface area contributed by atoms with E-state index in [2.05, 4.69) is 5.32 Å². The first-order valence-electron chi connectivity index (χ1n) is 7.48. The average Bonchev–Trinajstić information content (AvgIpc) is 2.59. The largest absolute Gasteiger partial charge is 0.495 e. The molecule has 1 aromatic carbocycles. The molecule has 1 amide bonds. The van der Waals surface area contributed by atoms with Gasteiger partial charge in [0.25, 0.3) is 0 Å². The molecule has 6 nitrogen and oxygen atoms in total. The number of piperidine rings is 1. The molecular formula is C16H21ClN2O4. The number of carbonyl (C=O) groups is 2. The summed E-state index contributed by atoms with van der Waals surface area (Å²) in [5, 5.41) is 3.62. The Morgan fingerprint density at radius 2 is 2.00 bits per heavy atom. The van der Waals surface area contributed by atoms with Crippen LogP contribution in [0.5, 0.6) is 5.75 Å². The van der Waals surface area contributed by atoms with E-state index < -0.39 is 0 Å². The fraction of sp³-hybridized carbons (Fsp3) is 0.500. The van der Waals surface area contributed by atoms with Crippen LogP contribution in [0.2, 0.25) is 5.02 Å². The van der Waals surface area contributed by atoms with Crippen molar-refractivity contribution in [3.63, 3.8) is 0 Å². The second kappa shape index (κ2) is 8.06. The molecule has 2 rings (SSSR count). The van der Waals surface area contributed by atoms with Gasteiger partial charge in [0, 0.05) is 18.1 Å². The number of likely N-dealkylation sites (tertiary alicyclic amines) is 1. The molecule has 1 aliphatic rings. The van der Waals surface area contributed by atoms with Gasteiger partial charge in [0.1, 0.15) is 5.75 Å². The van der Waals surface area contributed by atoms with Crippen molar-refractivity contribution in [2.75, 3.05) is 39.2 Å². The van der Waals surface area contributed by atoms with E-state index in [0.29, 0.717) is 42.4 Å². The summed E-state index contributed by atoms with van der Waals surface area (Å²) in [5.74, 6) is 0.311. The second-order valence-corrected chi connectivity index (χ2v) is 5.81. The minimum absolute atomic E-state index is 0.0182. The van der Waals surface area contributed by atoms with E-state index in [1.807, 2.05) is 0 Å². The maximum atomic E-state index is 12.3. The van der Waals surface area contributed by atoms with Gasteiger partial charge in [-0.1, -0.05) is 11.6 Å². The summed E-state index contributed by atoms with van der Waals surface area (Å²) in [6, 6.07) is 5.19. The first kappa shape index (κ1) is 17.4. The molecule has 0 saturated carbocycles. The van der Waals surface area contributed by atoms with Crippen LogP contribution in [0.25, 0.3) is 0 Å². The Bertz CT molecular complexity index is 571. The van der Waals surface area contributed by atoms with Crippen LogP contribution in [0, 0.1) is 5.92 Å². The lowest BCUT2D eigenvalue weighted by molar-refractivity contribution is -0.148. The van der Waals surface area contributed by atoms with Crippen molar-refractivity contribution < 1.29 is 19.1 Å². The summed E-state index contributed by atoms with van der Waals surface area (Å²) in [4.78, 5) is 25.5. The van der Waals surface area contributed by atoms with Crippen molar-refractivity contribution in [3.05, 3.63) is 23.2 Å². The summed E-state index contributed by atoms with van der Waals surface area (Å²) >= 11 is 5.96. The quantitative estimate of drug-likeness (QED) is 0.832. The lowest BCUT2D eigenvalue weighted by atomic mass is 9.97. The predicted octanol–water partition coefficient (Wildman–Crippen LogP) is 2.17. The maximum absolute atomic E-state index is 12.3. The zero-order valence-corrected chi connectivity index (χ0v) is 14.1. The summed E-state index contributed by atoms with van der Waals surface area (Å²) in [6.07, 6.45) is 1.28. The Labute approximate surface area is 140 Å². The van der Waals surface area contributed by atoms with E-state index in [-0.39, 0.29) is 24.3 Å². The third-order valence-electron chi connectivity index (χ3n) is 3.97. The van der Waals surface area contributed by atoms with Gasteiger partial charge in [0.2, 0.25) is 5.91 Å². The molecule has 126 valence electrons. The minimum Gasteiger partial charge on any atom is -0.495 e. The van der Waals surface area contributed by atoms with E-state index in [9.17, 15) is 9.59 Å². The number of amides is 1. The molecule has 0 radical (unpaired) electrons. The number of methoxy groups -OCH3 is 2.